The Morgan fingerprint density at radius 3 is 1.86 bits per heavy atom. The third-order valence-corrected chi connectivity index (χ3v) is 12.5. The molecule has 2 heterocycles. The van der Waals surface area contributed by atoms with Crippen molar-refractivity contribution in [3.05, 3.63) is 216 Å². The molecule has 0 fully saturated rings. The van der Waals surface area contributed by atoms with Crippen molar-refractivity contribution >= 4 is 21.8 Å². The van der Waals surface area contributed by atoms with E-state index in [1.807, 2.05) is 18.2 Å². The Morgan fingerprint density at radius 1 is 0.491 bits per heavy atom. The second kappa shape index (κ2) is 12.2. The third kappa shape index (κ3) is 4.47. The minimum absolute atomic E-state index is 0.0561. The number of nitrogens with zero attached hydrogens (tertiary/aromatic N) is 4. The van der Waals surface area contributed by atoms with Crippen LogP contribution in [0.4, 0.5) is 0 Å². The molecule has 9 aromatic rings. The Morgan fingerprint density at radius 2 is 1.11 bits per heavy atom. The predicted octanol–water partition coefficient (Wildman–Crippen LogP) is 12.5. The summed E-state index contributed by atoms with van der Waals surface area (Å²) in [7, 11) is 0. The summed E-state index contributed by atoms with van der Waals surface area (Å²) >= 11 is 0. The van der Waals surface area contributed by atoms with Gasteiger partial charge in [0.25, 0.3) is 0 Å². The van der Waals surface area contributed by atoms with E-state index in [4.69, 9.17) is 15.0 Å². The molecule has 0 aliphatic heterocycles. The van der Waals surface area contributed by atoms with E-state index in [-0.39, 0.29) is 11.8 Å². The van der Waals surface area contributed by atoms with E-state index < -0.39 is 5.41 Å². The predicted molar refractivity (Wildman–Crippen MR) is 232 cm³/mol. The van der Waals surface area contributed by atoms with Crippen molar-refractivity contribution < 1.29 is 0 Å². The van der Waals surface area contributed by atoms with Crippen molar-refractivity contribution in [2.45, 2.75) is 18.3 Å². The number of hydrogen-bond donors (Lipinski definition) is 0. The summed E-state index contributed by atoms with van der Waals surface area (Å²) in [4.78, 5) is 15.4. The highest BCUT2D eigenvalue weighted by Gasteiger charge is 2.52. The molecular formula is C53H36N4. The van der Waals surface area contributed by atoms with E-state index in [1.54, 1.807) is 0 Å². The van der Waals surface area contributed by atoms with Gasteiger partial charge in [0.2, 0.25) is 0 Å². The number of para-hydroxylation sites is 1. The zero-order valence-electron chi connectivity index (χ0n) is 31.3. The highest BCUT2D eigenvalue weighted by molar-refractivity contribution is 6.16. The Kier molecular flexibility index (Phi) is 6.85. The van der Waals surface area contributed by atoms with E-state index >= 15 is 0 Å². The summed E-state index contributed by atoms with van der Waals surface area (Å²) in [6, 6.07) is 59.7. The van der Waals surface area contributed by atoms with Gasteiger partial charge in [-0.3, -0.25) is 0 Å². The highest BCUT2D eigenvalue weighted by Crippen LogP contribution is 2.64. The van der Waals surface area contributed by atoms with Crippen LogP contribution in [0.15, 0.2) is 188 Å². The van der Waals surface area contributed by atoms with Crippen LogP contribution in [0.1, 0.15) is 40.9 Å². The van der Waals surface area contributed by atoms with Crippen molar-refractivity contribution in [1.29, 1.82) is 0 Å². The molecule has 2 aromatic heterocycles. The Bertz CT molecular complexity index is 3120. The molecule has 2 unspecified atom stereocenters. The van der Waals surface area contributed by atoms with Gasteiger partial charge in [-0.05, 0) is 63.1 Å². The van der Waals surface area contributed by atoms with Gasteiger partial charge < -0.3 is 4.57 Å². The molecule has 4 nitrogen and oxygen atoms in total. The topological polar surface area (TPSA) is 43.6 Å². The average Bonchev–Trinajstić information content (AvgIpc) is 3.89. The first-order valence-electron chi connectivity index (χ1n) is 19.8. The molecule has 3 aliphatic rings. The molecule has 0 radical (unpaired) electrons. The lowest BCUT2D eigenvalue weighted by Crippen LogP contribution is -2.25. The largest absolute Gasteiger partial charge is 0.309 e. The standard InChI is InChI=1S/C53H36N4/c1-33-16-5-6-21-37(33)52-55-50(34-17-3-2-4-18-34)54-51(56-52)35-19-15-20-36(32-35)57-47-29-14-10-24-40(47)41-30-31-46-48(49(41)57)42-25-9-13-28-45(42)53(46)43-26-11-7-22-38(43)39-23-8-12-27-44(39)53/h2-33,37H,1H3. The van der Waals surface area contributed by atoms with E-state index in [1.165, 1.54) is 60.8 Å². The minimum Gasteiger partial charge on any atom is -0.309 e. The molecule has 268 valence electrons. The maximum atomic E-state index is 5.21. The molecule has 3 aliphatic carbocycles. The number of hydrogen-bond acceptors (Lipinski definition) is 3. The van der Waals surface area contributed by atoms with Gasteiger partial charge in [-0.1, -0.05) is 177 Å². The fraction of sp³-hybridized carbons (Fsp3) is 0.0755. The van der Waals surface area contributed by atoms with E-state index in [2.05, 4.69) is 181 Å². The number of fused-ring (bicyclic) bond motifs is 14. The first kappa shape index (κ1) is 32.1. The first-order chi connectivity index (χ1) is 28.2. The van der Waals surface area contributed by atoms with Crippen molar-refractivity contribution in [3.63, 3.8) is 0 Å². The Balaban J connectivity index is 1.13. The van der Waals surface area contributed by atoms with Crippen LogP contribution in [0.3, 0.4) is 0 Å². The molecule has 4 heteroatoms. The van der Waals surface area contributed by atoms with Crippen LogP contribution in [0.5, 0.6) is 0 Å². The van der Waals surface area contributed by atoms with Crippen LogP contribution in [0, 0.1) is 5.92 Å². The Hall–Kier alpha value is -7.17. The van der Waals surface area contributed by atoms with Gasteiger partial charge >= 0.3 is 0 Å². The van der Waals surface area contributed by atoms with Gasteiger partial charge in [-0.25, -0.2) is 15.0 Å². The van der Waals surface area contributed by atoms with Gasteiger partial charge in [0, 0.05) is 39.1 Å². The second-order valence-electron chi connectivity index (χ2n) is 15.5. The first-order valence-corrected chi connectivity index (χ1v) is 19.8. The lowest BCUT2D eigenvalue weighted by molar-refractivity contribution is 0.600. The number of rotatable bonds is 4. The molecule has 0 saturated carbocycles. The summed E-state index contributed by atoms with van der Waals surface area (Å²) in [5, 5.41) is 2.47. The molecule has 2 atom stereocenters. The van der Waals surface area contributed by atoms with Gasteiger partial charge in [0.15, 0.2) is 11.6 Å². The van der Waals surface area contributed by atoms with Crippen LogP contribution < -0.4 is 0 Å². The van der Waals surface area contributed by atoms with Crippen LogP contribution in [0.25, 0.3) is 72.5 Å². The summed E-state index contributed by atoms with van der Waals surface area (Å²) in [6.45, 7) is 2.22. The van der Waals surface area contributed by atoms with E-state index in [0.29, 0.717) is 11.6 Å². The molecule has 0 bridgehead atoms. The fourth-order valence-corrected chi connectivity index (χ4v) is 10.1. The number of aromatic nitrogens is 4. The van der Waals surface area contributed by atoms with Gasteiger partial charge in [0.05, 0.1) is 16.4 Å². The highest BCUT2D eigenvalue weighted by atomic mass is 15.0. The SMILES string of the molecule is CC1C=CC=CC1c1nc(-c2ccccc2)nc(-c2cccc(-n3c4ccccc4c4ccc5c(c43)-c3ccccc3C53c4ccccc4-c4ccccc43)c2)n1. The summed E-state index contributed by atoms with van der Waals surface area (Å²) in [6.07, 6.45) is 8.64. The fourth-order valence-electron chi connectivity index (χ4n) is 10.1. The van der Waals surface area contributed by atoms with Gasteiger partial charge in [0.1, 0.15) is 5.82 Å². The molecular weight excluding hydrogens is 693 g/mol. The smallest absolute Gasteiger partial charge is 0.163 e. The maximum absolute atomic E-state index is 5.21. The van der Waals surface area contributed by atoms with Gasteiger partial charge in [-0.15, -0.1) is 0 Å². The quantitative estimate of drug-likeness (QED) is 0.181. The van der Waals surface area contributed by atoms with Crippen molar-refractivity contribution in [2.24, 2.45) is 5.92 Å². The van der Waals surface area contributed by atoms with Crippen molar-refractivity contribution in [1.82, 2.24) is 19.5 Å². The lowest BCUT2D eigenvalue weighted by Gasteiger charge is -2.30. The summed E-state index contributed by atoms with van der Waals surface area (Å²) in [5.41, 5.74) is 15.5. The van der Waals surface area contributed by atoms with E-state index in [9.17, 15) is 0 Å². The maximum Gasteiger partial charge on any atom is 0.163 e. The van der Waals surface area contributed by atoms with E-state index in [0.717, 1.165) is 28.2 Å². The molecule has 0 saturated heterocycles. The zero-order chi connectivity index (χ0) is 37.7. The number of benzene rings is 7. The molecule has 1 spiro atoms. The third-order valence-electron chi connectivity index (χ3n) is 12.5. The molecule has 57 heavy (non-hydrogen) atoms. The van der Waals surface area contributed by atoms with Gasteiger partial charge in [-0.2, -0.15) is 0 Å². The van der Waals surface area contributed by atoms with Crippen LogP contribution in [-0.2, 0) is 5.41 Å². The monoisotopic (exact) mass is 728 g/mol. The summed E-state index contributed by atoms with van der Waals surface area (Å²) in [5.74, 6) is 2.46. The van der Waals surface area contributed by atoms with Crippen molar-refractivity contribution in [2.75, 3.05) is 0 Å². The van der Waals surface area contributed by atoms with Crippen LogP contribution in [-0.4, -0.2) is 19.5 Å². The normalized spacial score (nSPS) is 16.9. The molecule has 0 amide bonds. The minimum atomic E-state index is -0.425. The number of allylic oxidation sites excluding steroid dienone is 4. The summed E-state index contributed by atoms with van der Waals surface area (Å²) < 4.78 is 2.48. The molecule has 12 rings (SSSR count). The molecule has 7 aromatic carbocycles. The Labute approximate surface area is 331 Å². The zero-order valence-corrected chi connectivity index (χ0v) is 31.3. The van der Waals surface area contributed by atoms with Crippen molar-refractivity contribution in [3.8, 4) is 50.7 Å². The lowest BCUT2D eigenvalue weighted by atomic mass is 9.70. The van der Waals surface area contributed by atoms with Crippen LogP contribution in [0.2, 0.25) is 0 Å². The average molecular weight is 729 g/mol. The second-order valence-corrected chi connectivity index (χ2v) is 15.5. The molecule has 0 N–H and O–H groups in total. The van der Waals surface area contributed by atoms with Crippen LogP contribution >= 0.6 is 0 Å².